The molecule has 0 aliphatic carbocycles. The van der Waals surface area contributed by atoms with Gasteiger partial charge in [-0.05, 0) is 57.0 Å². The van der Waals surface area contributed by atoms with Gasteiger partial charge in [-0.15, -0.1) is 0 Å². The standard InChI is InChI=1S/C21H25ClN2O4S/c1-5-11-24-17-10-9-15(12-18(17)28-13-21(3,4)20(24)25)23-29(26,27)19-8-6-7-16(22)14(19)2/h6-10,12,23H,5,11,13H2,1-4H3. The minimum atomic E-state index is -3.83. The van der Waals surface area contributed by atoms with Crippen LogP contribution in [0.15, 0.2) is 41.3 Å². The molecule has 0 radical (unpaired) electrons. The van der Waals surface area contributed by atoms with Gasteiger partial charge in [-0.3, -0.25) is 9.52 Å². The molecule has 2 aromatic rings. The molecule has 0 aromatic heterocycles. The Balaban J connectivity index is 1.98. The summed E-state index contributed by atoms with van der Waals surface area (Å²) >= 11 is 6.07. The minimum absolute atomic E-state index is 0.0130. The number of amides is 1. The molecule has 156 valence electrons. The molecule has 0 saturated carbocycles. The molecule has 1 N–H and O–H groups in total. The summed E-state index contributed by atoms with van der Waals surface area (Å²) in [6.07, 6.45) is 0.795. The van der Waals surface area contributed by atoms with Gasteiger partial charge >= 0.3 is 0 Å². The van der Waals surface area contributed by atoms with Gasteiger partial charge in [-0.25, -0.2) is 8.42 Å². The lowest BCUT2D eigenvalue weighted by molar-refractivity contribution is -0.127. The highest BCUT2D eigenvalue weighted by atomic mass is 35.5. The monoisotopic (exact) mass is 436 g/mol. The van der Waals surface area contributed by atoms with Crippen LogP contribution in [0, 0.1) is 12.3 Å². The summed E-state index contributed by atoms with van der Waals surface area (Å²) in [6, 6.07) is 9.71. The first-order chi connectivity index (χ1) is 13.6. The Morgan fingerprint density at radius 3 is 2.66 bits per heavy atom. The number of sulfonamides is 1. The van der Waals surface area contributed by atoms with E-state index in [1.807, 2.05) is 20.8 Å². The minimum Gasteiger partial charge on any atom is -0.490 e. The Kier molecular flexibility index (Phi) is 5.83. The smallest absolute Gasteiger partial charge is 0.262 e. The lowest BCUT2D eigenvalue weighted by Gasteiger charge is -2.27. The quantitative estimate of drug-likeness (QED) is 0.742. The van der Waals surface area contributed by atoms with Crippen molar-refractivity contribution >= 4 is 38.9 Å². The van der Waals surface area contributed by atoms with Gasteiger partial charge in [0.25, 0.3) is 10.0 Å². The summed E-state index contributed by atoms with van der Waals surface area (Å²) in [5.74, 6) is 0.460. The SMILES string of the molecule is CCCN1C(=O)C(C)(C)COc2cc(NS(=O)(=O)c3cccc(Cl)c3C)ccc21. The zero-order valence-corrected chi connectivity index (χ0v) is 18.5. The molecule has 0 unspecified atom stereocenters. The van der Waals surface area contributed by atoms with Crippen LogP contribution in [0.2, 0.25) is 5.02 Å². The van der Waals surface area contributed by atoms with E-state index in [0.29, 0.717) is 34.3 Å². The molecule has 1 heterocycles. The van der Waals surface area contributed by atoms with E-state index in [4.69, 9.17) is 16.3 Å². The molecule has 1 aliphatic rings. The van der Waals surface area contributed by atoms with Gasteiger partial charge in [0.05, 0.1) is 21.7 Å². The molecular formula is C21H25ClN2O4S. The molecule has 1 amide bonds. The number of nitrogens with one attached hydrogen (secondary N) is 1. The van der Waals surface area contributed by atoms with Crippen molar-refractivity contribution in [3.63, 3.8) is 0 Å². The normalized spacial score (nSPS) is 16.0. The number of fused-ring (bicyclic) bond motifs is 1. The van der Waals surface area contributed by atoms with Crippen LogP contribution < -0.4 is 14.4 Å². The number of ether oxygens (including phenoxy) is 1. The second-order valence-electron chi connectivity index (χ2n) is 7.78. The van der Waals surface area contributed by atoms with E-state index in [1.54, 1.807) is 42.2 Å². The number of hydrogen-bond donors (Lipinski definition) is 1. The fourth-order valence-electron chi connectivity index (χ4n) is 3.25. The van der Waals surface area contributed by atoms with Gasteiger partial charge in [0, 0.05) is 17.6 Å². The van der Waals surface area contributed by atoms with Crippen molar-refractivity contribution in [3.05, 3.63) is 47.0 Å². The molecule has 6 nitrogen and oxygen atoms in total. The fourth-order valence-corrected chi connectivity index (χ4v) is 4.79. The number of carbonyl (C=O) groups excluding carboxylic acids is 1. The largest absolute Gasteiger partial charge is 0.490 e. The lowest BCUT2D eigenvalue weighted by atomic mass is 9.93. The molecule has 0 saturated heterocycles. The summed E-state index contributed by atoms with van der Waals surface area (Å²) in [6.45, 7) is 8.12. The van der Waals surface area contributed by atoms with Gasteiger partial charge in [0.15, 0.2) is 0 Å². The van der Waals surface area contributed by atoms with Crippen LogP contribution in [0.1, 0.15) is 32.8 Å². The highest BCUT2D eigenvalue weighted by Gasteiger charge is 2.37. The van der Waals surface area contributed by atoms with Crippen LogP contribution in [-0.4, -0.2) is 27.5 Å². The van der Waals surface area contributed by atoms with Gasteiger partial charge in [0.1, 0.15) is 12.4 Å². The van der Waals surface area contributed by atoms with E-state index in [0.717, 1.165) is 6.42 Å². The molecule has 8 heteroatoms. The van der Waals surface area contributed by atoms with Crippen LogP contribution in [0.4, 0.5) is 11.4 Å². The van der Waals surface area contributed by atoms with Crippen molar-refractivity contribution in [1.29, 1.82) is 0 Å². The van der Waals surface area contributed by atoms with Crippen LogP contribution in [0.3, 0.4) is 0 Å². The van der Waals surface area contributed by atoms with Crippen LogP contribution in [0.5, 0.6) is 5.75 Å². The number of hydrogen-bond acceptors (Lipinski definition) is 4. The van der Waals surface area contributed by atoms with E-state index in [2.05, 4.69) is 4.72 Å². The first-order valence-electron chi connectivity index (χ1n) is 9.43. The Morgan fingerprint density at radius 1 is 1.24 bits per heavy atom. The maximum absolute atomic E-state index is 12.9. The molecule has 2 aromatic carbocycles. The molecule has 0 spiro atoms. The fraction of sp³-hybridized carbons (Fsp3) is 0.381. The predicted molar refractivity (Wildman–Crippen MR) is 115 cm³/mol. The van der Waals surface area contributed by atoms with Crippen molar-refractivity contribution in [2.75, 3.05) is 22.8 Å². The van der Waals surface area contributed by atoms with Gasteiger partial charge in [-0.2, -0.15) is 0 Å². The lowest BCUT2D eigenvalue weighted by Crippen LogP contribution is -2.42. The zero-order chi connectivity index (χ0) is 21.4. The van der Waals surface area contributed by atoms with Gasteiger partial charge in [0.2, 0.25) is 5.91 Å². The second kappa shape index (κ2) is 7.88. The molecule has 0 bridgehead atoms. The van der Waals surface area contributed by atoms with Gasteiger partial charge < -0.3 is 9.64 Å². The highest BCUT2D eigenvalue weighted by Crippen LogP contribution is 2.38. The van der Waals surface area contributed by atoms with Crippen LogP contribution in [0.25, 0.3) is 0 Å². The van der Waals surface area contributed by atoms with E-state index in [-0.39, 0.29) is 17.4 Å². The van der Waals surface area contributed by atoms with Crippen molar-refractivity contribution in [2.24, 2.45) is 5.41 Å². The van der Waals surface area contributed by atoms with Crippen molar-refractivity contribution in [1.82, 2.24) is 0 Å². The van der Waals surface area contributed by atoms with Crippen molar-refractivity contribution in [3.8, 4) is 5.75 Å². The summed E-state index contributed by atoms with van der Waals surface area (Å²) < 4.78 is 34.2. The second-order valence-corrected chi connectivity index (χ2v) is 9.84. The number of carbonyl (C=O) groups is 1. The number of nitrogens with zero attached hydrogens (tertiary/aromatic N) is 1. The molecular weight excluding hydrogens is 412 g/mol. The number of anilines is 2. The Hall–Kier alpha value is -2.25. The predicted octanol–water partition coefficient (Wildman–Crippen LogP) is 4.61. The van der Waals surface area contributed by atoms with Gasteiger partial charge in [-0.1, -0.05) is 24.6 Å². The van der Waals surface area contributed by atoms with E-state index in [1.165, 1.54) is 6.07 Å². The van der Waals surface area contributed by atoms with Crippen LogP contribution >= 0.6 is 11.6 Å². The molecule has 1 aliphatic heterocycles. The Morgan fingerprint density at radius 2 is 1.97 bits per heavy atom. The van der Waals surface area contributed by atoms with Crippen molar-refractivity contribution < 1.29 is 17.9 Å². The number of rotatable bonds is 5. The number of benzene rings is 2. The Labute approximate surface area is 176 Å². The maximum Gasteiger partial charge on any atom is 0.262 e. The third kappa shape index (κ3) is 4.21. The summed E-state index contributed by atoms with van der Waals surface area (Å²) in [7, 11) is -3.83. The molecule has 0 fully saturated rings. The van der Waals surface area contributed by atoms with Crippen LogP contribution in [-0.2, 0) is 14.8 Å². The van der Waals surface area contributed by atoms with E-state index in [9.17, 15) is 13.2 Å². The van der Waals surface area contributed by atoms with E-state index < -0.39 is 15.4 Å². The zero-order valence-electron chi connectivity index (χ0n) is 17.0. The first kappa shape index (κ1) is 21.5. The summed E-state index contributed by atoms with van der Waals surface area (Å²) in [5.41, 5.74) is 0.802. The highest BCUT2D eigenvalue weighted by molar-refractivity contribution is 7.92. The molecule has 29 heavy (non-hydrogen) atoms. The third-order valence-corrected chi connectivity index (χ3v) is 6.81. The topological polar surface area (TPSA) is 75.7 Å². The Bertz CT molecular complexity index is 1050. The van der Waals surface area contributed by atoms with Crippen molar-refractivity contribution in [2.45, 2.75) is 39.0 Å². The molecule has 0 atom stereocenters. The average molecular weight is 437 g/mol. The molecule has 3 rings (SSSR count). The maximum atomic E-state index is 12.9. The van der Waals surface area contributed by atoms with E-state index >= 15 is 0 Å². The summed E-state index contributed by atoms with van der Waals surface area (Å²) in [4.78, 5) is 14.7. The third-order valence-electron chi connectivity index (χ3n) is 4.87. The average Bonchev–Trinajstić information content (AvgIpc) is 2.74. The number of halogens is 1. The first-order valence-corrected chi connectivity index (χ1v) is 11.3. The summed E-state index contributed by atoms with van der Waals surface area (Å²) in [5, 5.41) is 0.383.